The zero-order valence-electron chi connectivity index (χ0n) is 39.4. The van der Waals surface area contributed by atoms with Crippen LogP contribution in [0.3, 0.4) is 0 Å². The summed E-state index contributed by atoms with van der Waals surface area (Å²) in [5.41, 5.74) is 9.20. The zero-order chi connectivity index (χ0) is 47.5. The number of nitrogens with one attached hydrogen (secondary N) is 5. The third kappa shape index (κ3) is 16.2. The van der Waals surface area contributed by atoms with E-state index in [9.17, 15) is 9.59 Å². The SMILES string of the molecule is C1CCNC1.O=C(CCl)Nc1ccc(-c2ccnc(Nc3ccc(N4CCOCC4)cc3)n2)cc1.O=C(CN1CCCC1)Nc1ccc(-c2ccnc(Nc3ccc(N4CCOCC4)cc3)n2)cc1.[U]. The molecule has 0 atom stereocenters. The summed E-state index contributed by atoms with van der Waals surface area (Å²) in [6.07, 6.45) is 8.60. The Morgan fingerprint density at radius 1 is 0.529 bits per heavy atom. The third-order valence-electron chi connectivity index (χ3n) is 11.9. The average Bonchev–Trinajstić information content (AvgIpc) is 4.17. The van der Waals surface area contributed by atoms with Crippen LogP contribution in [0.2, 0.25) is 0 Å². The summed E-state index contributed by atoms with van der Waals surface area (Å²) in [7, 11) is 0. The van der Waals surface area contributed by atoms with Crippen LogP contribution in [0, 0.1) is 31.1 Å². The average molecular weight is 1190 g/mol. The van der Waals surface area contributed by atoms with Gasteiger partial charge in [-0.25, -0.2) is 19.9 Å². The number of likely N-dealkylation sites (tertiary alicyclic amines) is 1. The monoisotopic (exact) mass is 1190 g/mol. The first-order chi connectivity index (χ1) is 33.9. The van der Waals surface area contributed by atoms with Crippen LogP contribution < -0.4 is 36.4 Å². The predicted octanol–water partition coefficient (Wildman–Crippen LogP) is 8.03. The number of carbonyl (C=O) groups excluding carboxylic acids is 2. The maximum Gasteiger partial charge on any atom is 0.239 e. The number of ether oxygens (including phenoxy) is 2. The van der Waals surface area contributed by atoms with Gasteiger partial charge in [-0.1, -0.05) is 24.3 Å². The zero-order valence-corrected chi connectivity index (χ0v) is 44.3. The van der Waals surface area contributed by atoms with Gasteiger partial charge in [-0.2, -0.15) is 0 Å². The maximum absolute atomic E-state index is 12.3. The van der Waals surface area contributed by atoms with Crippen LogP contribution in [0.5, 0.6) is 0 Å². The quantitative estimate of drug-likeness (QED) is 0.0704. The number of morpholine rings is 2. The predicted molar refractivity (Wildman–Crippen MR) is 276 cm³/mol. The fourth-order valence-electron chi connectivity index (χ4n) is 8.18. The van der Waals surface area contributed by atoms with E-state index in [1.54, 1.807) is 12.4 Å². The number of hydrogen-bond acceptors (Lipinski definition) is 14. The molecule has 4 saturated heterocycles. The molecule has 4 aliphatic rings. The minimum absolute atomic E-state index is 0. The molecule has 0 saturated carbocycles. The molecule has 6 aromatic rings. The fraction of sp³-hybridized carbons (Fsp3) is 0.346. The molecule has 10 rings (SSSR count). The van der Waals surface area contributed by atoms with Crippen LogP contribution in [0.4, 0.5) is 46.0 Å². The molecular formula is C52H61ClN12O4U. The molecule has 70 heavy (non-hydrogen) atoms. The fourth-order valence-corrected chi connectivity index (χ4v) is 8.25. The number of amides is 2. The Balaban J connectivity index is 0.000000186. The largest absolute Gasteiger partial charge is 0.378 e. The summed E-state index contributed by atoms with van der Waals surface area (Å²) in [5, 5.41) is 15.5. The van der Waals surface area contributed by atoms with Gasteiger partial charge in [-0.05, 0) is 137 Å². The normalized spacial score (nSPS) is 15.6. The van der Waals surface area contributed by atoms with E-state index in [4.69, 9.17) is 21.1 Å². The Morgan fingerprint density at radius 2 is 0.943 bits per heavy atom. The van der Waals surface area contributed by atoms with Crippen molar-refractivity contribution in [2.24, 2.45) is 0 Å². The van der Waals surface area contributed by atoms with Gasteiger partial charge in [0.25, 0.3) is 0 Å². The first-order valence-corrected chi connectivity index (χ1v) is 24.3. The van der Waals surface area contributed by atoms with E-state index in [0.29, 0.717) is 24.1 Å². The Labute approximate surface area is 439 Å². The van der Waals surface area contributed by atoms with Crippen molar-refractivity contribution >= 4 is 69.4 Å². The van der Waals surface area contributed by atoms with Crippen LogP contribution in [0.25, 0.3) is 22.5 Å². The Bertz CT molecular complexity index is 2510. The summed E-state index contributed by atoms with van der Waals surface area (Å²) in [6, 6.07) is 35.4. The van der Waals surface area contributed by atoms with Gasteiger partial charge in [0.05, 0.1) is 44.4 Å². The molecule has 2 aromatic heterocycles. The number of halogens is 1. The van der Waals surface area contributed by atoms with E-state index in [1.165, 1.54) is 50.1 Å². The van der Waals surface area contributed by atoms with Crippen molar-refractivity contribution in [1.82, 2.24) is 30.2 Å². The molecule has 4 fully saturated rings. The van der Waals surface area contributed by atoms with Crippen molar-refractivity contribution in [1.29, 1.82) is 0 Å². The summed E-state index contributed by atoms with van der Waals surface area (Å²) in [6.45, 7) is 11.7. The molecule has 4 aliphatic heterocycles. The maximum atomic E-state index is 12.3. The van der Waals surface area contributed by atoms with Crippen molar-refractivity contribution in [2.45, 2.75) is 25.7 Å². The second kappa shape index (κ2) is 27.7. The number of alkyl halides is 1. The molecule has 6 heterocycles. The standard InChI is InChI=1S/C26H30N6O2.C22H22ClN5O2.C4H9N.U/c33-25(19-31-13-1-2-14-31)28-21-5-3-20(4-6-21)24-11-12-27-26(30-24)29-22-7-9-23(10-8-22)32-15-17-34-18-16-32;23-15-21(29)25-17-3-1-16(2-4-17)20-9-10-24-22(27-20)26-18-5-7-19(8-6-18)28-11-13-30-14-12-28;1-2-4-5-3-1;/h3-12H,1-2,13-19H2,(H,28,33)(H,27,29,30);1-10H,11-15H2,(H,25,29)(H,24,26,27);5H,1-4H2;. The molecule has 18 heteroatoms. The van der Waals surface area contributed by atoms with E-state index in [-0.39, 0.29) is 48.8 Å². The van der Waals surface area contributed by atoms with Crippen LogP contribution in [0.15, 0.2) is 122 Å². The Kier molecular flexibility index (Phi) is 20.6. The number of hydrogen-bond donors (Lipinski definition) is 5. The molecule has 2 amide bonds. The second-order valence-electron chi connectivity index (χ2n) is 16.9. The van der Waals surface area contributed by atoms with E-state index in [0.717, 1.165) is 105 Å². The first kappa shape index (κ1) is 52.2. The molecule has 0 aliphatic carbocycles. The third-order valence-corrected chi connectivity index (χ3v) is 12.1. The van der Waals surface area contributed by atoms with Gasteiger partial charge in [-0.15, -0.1) is 11.6 Å². The van der Waals surface area contributed by atoms with E-state index >= 15 is 0 Å². The number of anilines is 8. The number of rotatable bonds is 13. The summed E-state index contributed by atoms with van der Waals surface area (Å²) >= 11 is 5.52. The van der Waals surface area contributed by atoms with Gasteiger partial charge in [0.2, 0.25) is 23.7 Å². The van der Waals surface area contributed by atoms with Crippen molar-refractivity contribution in [3.8, 4) is 22.5 Å². The molecule has 0 spiro atoms. The minimum atomic E-state index is -0.238. The van der Waals surface area contributed by atoms with Crippen LogP contribution in [0.1, 0.15) is 25.7 Å². The van der Waals surface area contributed by atoms with Crippen LogP contribution in [-0.2, 0) is 19.1 Å². The summed E-state index contributed by atoms with van der Waals surface area (Å²) < 4.78 is 10.8. The van der Waals surface area contributed by atoms with Crippen molar-refractivity contribution in [3.63, 3.8) is 0 Å². The minimum Gasteiger partial charge on any atom is -0.378 e. The molecule has 364 valence electrons. The van der Waals surface area contributed by atoms with Gasteiger partial charge < -0.3 is 45.9 Å². The molecule has 0 radical (unpaired) electrons. The van der Waals surface area contributed by atoms with Crippen molar-refractivity contribution in [2.75, 3.05) is 122 Å². The number of benzene rings is 4. The van der Waals surface area contributed by atoms with E-state index in [1.807, 2.05) is 84.9 Å². The molecule has 5 N–H and O–H groups in total. The molecule has 16 nitrogen and oxygen atoms in total. The van der Waals surface area contributed by atoms with Gasteiger partial charge in [0, 0.05) is 115 Å². The van der Waals surface area contributed by atoms with E-state index in [2.05, 4.69) is 85.5 Å². The van der Waals surface area contributed by atoms with Crippen LogP contribution in [-0.4, -0.2) is 128 Å². The second-order valence-corrected chi connectivity index (χ2v) is 17.2. The van der Waals surface area contributed by atoms with Gasteiger partial charge >= 0.3 is 0 Å². The van der Waals surface area contributed by atoms with Crippen molar-refractivity contribution in [3.05, 3.63) is 122 Å². The van der Waals surface area contributed by atoms with Crippen molar-refractivity contribution < 1.29 is 50.2 Å². The number of aromatic nitrogens is 4. The van der Waals surface area contributed by atoms with Gasteiger partial charge in [0.15, 0.2) is 0 Å². The van der Waals surface area contributed by atoms with Gasteiger partial charge in [-0.3, -0.25) is 14.5 Å². The topological polar surface area (TPSA) is 174 Å². The Morgan fingerprint density at radius 3 is 1.34 bits per heavy atom. The number of nitrogens with zero attached hydrogens (tertiary/aromatic N) is 7. The molecule has 0 bridgehead atoms. The number of carbonyl (C=O) groups is 2. The Hall–Kier alpha value is -5.64. The first-order valence-electron chi connectivity index (χ1n) is 23.8. The smallest absolute Gasteiger partial charge is 0.239 e. The van der Waals surface area contributed by atoms with Gasteiger partial charge in [0.1, 0.15) is 5.88 Å². The summed E-state index contributed by atoms with van der Waals surface area (Å²) in [4.78, 5) is 48.4. The van der Waals surface area contributed by atoms with Crippen LogP contribution >= 0.6 is 11.6 Å². The van der Waals surface area contributed by atoms with E-state index < -0.39 is 0 Å². The molecule has 4 aromatic carbocycles. The molecule has 0 unspecified atom stereocenters. The summed E-state index contributed by atoms with van der Waals surface area (Å²) in [5.74, 6) is 0.780. The molecular weight excluding hydrogens is 1130 g/mol.